The summed E-state index contributed by atoms with van der Waals surface area (Å²) >= 11 is 0. The maximum atomic E-state index is 12.6. The summed E-state index contributed by atoms with van der Waals surface area (Å²) in [5.41, 5.74) is -3.65. The first-order valence-electron chi connectivity index (χ1n) is 4.94. The number of carbonyl (C=O) groups is 1. The van der Waals surface area contributed by atoms with Gasteiger partial charge in [0, 0.05) is 0 Å². The SMILES string of the molecule is CCOc1cc([N+](=O)[O-])c(C(F)(F)F)cc1C(=O)O. The molecule has 0 fully saturated rings. The minimum absolute atomic E-state index is 0.0389. The lowest BCUT2D eigenvalue weighted by atomic mass is 10.1. The zero-order valence-corrected chi connectivity index (χ0v) is 9.52. The van der Waals surface area contributed by atoms with E-state index in [4.69, 9.17) is 9.84 Å². The van der Waals surface area contributed by atoms with Crippen molar-refractivity contribution < 1.29 is 32.7 Å². The van der Waals surface area contributed by atoms with E-state index in [-0.39, 0.29) is 12.7 Å². The van der Waals surface area contributed by atoms with Gasteiger partial charge in [0.15, 0.2) is 0 Å². The highest BCUT2D eigenvalue weighted by molar-refractivity contribution is 5.92. The van der Waals surface area contributed by atoms with Gasteiger partial charge < -0.3 is 9.84 Å². The minimum atomic E-state index is -5.03. The smallest absolute Gasteiger partial charge is 0.423 e. The second-order valence-electron chi connectivity index (χ2n) is 3.36. The Kier molecular flexibility index (Phi) is 3.98. The Morgan fingerprint density at radius 2 is 2.05 bits per heavy atom. The van der Waals surface area contributed by atoms with Crippen molar-refractivity contribution in [3.8, 4) is 5.75 Å². The van der Waals surface area contributed by atoms with Crippen molar-refractivity contribution in [1.29, 1.82) is 0 Å². The molecule has 0 unspecified atom stereocenters. The number of hydrogen-bond acceptors (Lipinski definition) is 4. The molecule has 19 heavy (non-hydrogen) atoms. The fraction of sp³-hybridized carbons (Fsp3) is 0.300. The fourth-order valence-electron chi connectivity index (χ4n) is 1.39. The van der Waals surface area contributed by atoms with Crippen molar-refractivity contribution in [2.24, 2.45) is 0 Å². The van der Waals surface area contributed by atoms with Crippen LogP contribution in [0.4, 0.5) is 18.9 Å². The third-order valence-corrected chi connectivity index (χ3v) is 2.13. The predicted octanol–water partition coefficient (Wildman–Crippen LogP) is 2.71. The lowest BCUT2D eigenvalue weighted by Crippen LogP contribution is -2.12. The quantitative estimate of drug-likeness (QED) is 0.676. The molecule has 9 heteroatoms. The van der Waals surface area contributed by atoms with E-state index in [9.17, 15) is 28.1 Å². The van der Waals surface area contributed by atoms with E-state index in [1.165, 1.54) is 6.92 Å². The van der Waals surface area contributed by atoms with Gasteiger partial charge in [-0.15, -0.1) is 0 Å². The molecule has 0 saturated heterocycles. The molecular formula is C10H8F3NO5. The molecule has 0 aliphatic heterocycles. The van der Waals surface area contributed by atoms with Crippen LogP contribution in [0.5, 0.6) is 5.75 Å². The molecule has 6 nitrogen and oxygen atoms in total. The number of carboxylic acids is 1. The van der Waals surface area contributed by atoms with Gasteiger partial charge in [0.1, 0.15) is 16.9 Å². The second-order valence-corrected chi connectivity index (χ2v) is 3.36. The Morgan fingerprint density at radius 3 is 2.42 bits per heavy atom. The maximum Gasteiger partial charge on any atom is 0.423 e. The summed E-state index contributed by atoms with van der Waals surface area (Å²) in [6.45, 7) is 1.43. The molecule has 1 aromatic carbocycles. The Balaban J connectivity index is 3.60. The monoisotopic (exact) mass is 279 g/mol. The number of nitro groups is 1. The van der Waals surface area contributed by atoms with E-state index >= 15 is 0 Å². The van der Waals surface area contributed by atoms with E-state index in [2.05, 4.69) is 0 Å². The Bertz CT molecular complexity index is 527. The van der Waals surface area contributed by atoms with Crippen LogP contribution < -0.4 is 4.74 Å². The number of nitrogens with zero attached hydrogens (tertiary/aromatic N) is 1. The number of alkyl halides is 3. The van der Waals surface area contributed by atoms with Crippen molar-refractivity contribution in [3.05, 3.63) is 33.4 Å². The minimum Gasteiger partial charge on any atom is -0.493 e. The molecule has 0 bridgehead atoms. The van der Waals surface area contributed by atoms with Crippen molar-refractivity contribution in [2.45, 2.75) is 13.1 Å². The zero-order valence-electron chi connectivity index (χ0n) is 9.52. The fourth-order valence-corrected chi connectivity index (χ4v) is 1.39. The molecule has 0 aliphatic carbocycles. The Morgan fingerprint density at radius 1 is 1.47 bits per heavy atom. The molecule has 0 atom stereocenters. The lowest BCUT2D eigenvalue weighted by molar-refractivity contribution is -0.388. The molecule has 1 N–H and O–H groups in total. The Labute approximate surface area is 104 Å². The predicted molar refractivity (Wildman–Crippen MR) is 56.2 cm³/mol. The van der Waals surface area contributed by atoms with Crippen LogP contribution in [0.25, 0.3) is 0 Å². The molecule has 0 amide bonds. The highest BCUT2D eigenvalue weighted by Crippen LogP contribution is 2.39. The van der Waals surface area contributed by atoms with E-state index in [0.29, 0.717) is 6.07 Å². The molecule has 0 aliphatic rings. The largest absolute Gasteiger partial charge is 0.493 e. The van der Waals surface area contributed by atoms with Crippen molar-refractivity contribution in [2.75, 3.05) is 6.61 Å². The zero-order chi connectivity index (χ0) is 14.8. The van der Waals surface area contributed by atoms with Crippen LogP contribution in [0.3, 0.4) is 0 Å². The molecule has 0 saturated carbocycles. The molecule has 0 aromatic heterocycles. The van der Waals surface area contributed by atoms with Crippen molar-refractivity contribution in [1.82, 2.24) is 0 Å². The summed E-state index contributed by atoms with van der Waals surface area (Å²) in [5.74, 6) is -2.14. The van der Waals surface area contributed by atoms with Crippen LogP contribution in [0.2, 0.25) is 0 Å². The van der Waals surface area contributed by atoms with Gasteiger partial charge in [-0.1, -0.05) is 0 Å². The second kappa shape index (κ2) is 5.12. The molecule has 1 rings (SSSR count). The molecule has 0 heterocycles. The van der Waals surface area contributed by atoms with Crippen LogP contribution >= 0.6 is 0 Å². The molecule has 0 radical (unpaired) electrons. The molecule has 0 spiro atoms. The van der Waals surface area contributed by atoms with Crippen LogP contribution in [0.1, 0.15) is 22.8 Å². The number of benzene rings is 1. The number of ether oxygens (including phenoxy) is 1. The lowest BCUT2D eigenvalue weighted by Gasteiger charge is -2.12. The third kappa shape index (κ3) is 3.12. The van der Waals surface area contributed by atoms with Crippen molar-refractivity contribution in [3.63, 3.8) is 0 Å². The number of rotatable bonds is 4. The van der Waals surface area contributed by atoms with Gasteiger partial charge in [-0.25, -0.2) is 4.79 Å². The van der Waals surface area contributed by atoms with Crippen LogP contribution in [-0.2, 0) is 6.18 Å². The first-order chi connectivity index (χ1) is 8.68. The van der Waals surface area contributed by atoms with Crippen LogP contribution in [0, 0.1) is 10.1 Å². The van der Waals surface area contributed by atoms with Gasteiger partial charge in [0.05, 0.1) is 17.6 Å². The average molecular weight is 279 g/mol. The molecule has 1 aromatic rings. The van der Waals surface area contributed by atoms with Gasteiger partial charge in [0.2, 0.25) is 0 Å². The first kappa shape index (κ1) is 14.7. The highest BCUT2D eigenvalue weighted by atomic mass is 19.4. The van der Waals surface area contributed by atoms with E-state index in [1.807, 2.05) is 0 Å². The summed E-state index contributed by atoms with van der Waals surface area (Å²) in [7, 11) is 0. The maximum absolute atomic E-state index is 12.6. The summed E-state index contributed by atoms with van der Waals surface area (Å²) < 4.78 is 42.7. The van der Waals surface area contributed by atoms with E-state index < -0.39 is 39.6 Å². The van der Waals surface area contributed by atoms with Crippen LogP contribution in [0.15, 0.2) is 12.1 Å². The molecule has 104 valence electrons. The van der Waals surface area contributed by atoms with Gasteiger partial charge in [-0.2, -0.15) is 13.2 Å². The normalized spacial score (nSPS) is 11.2. The standard InChI is InChI=1S/C10H8F3NO5/c1-2-19-8-4-7(14(17)18)6(10(11,12)13)3-5(8)9(15)16/h3-4H,2H2,1H3,(H,15,16). The summed E-state index contributed by atoms with van der Waals surface area (Å²) in [5, 5.41) is 19.4. The number of halogens is 3. The van der Waals surface area contributed by atoms with Gasteiger partial charge in [-0.3, -0.25) is 10.1 Å². The first-order valence-corrected chi connectivity index (χ1v) is 4.94. The summed E-state index contributed by atoms with van der Waals surface area (Å²) in [4.78, 5) is 20.2. The van der Waals surface area contributed by atoms with Crippen LogP contribution in [-0.4, -0.2) is 22.6 Å². The van der Waals surface area contributed by atoms with Gasteiger partial charge in [-0.05, 0) is 13.0 Å². The van der Waals surface area contributed by atoms with E-state index in [1.54, 1.807) is 0 Å². The van der Waals surface area contributed by atoms with Crippen molar-refractivity contribution >= 4 is 11.7 Å². The summed E-state index contributed by atoms with van der Waals surface area (Å²) in [6, 6.07) is 0.668. The number of hydrogen-bond donors (Lipinski definition) is 1. The van der Waals surface area contributed by atoms with Gasteiger partial charge in [0.25, 0.3) is 5.69 Å². The molecular weight excluding hydrogens is 271 g/mol. The Hall–Kier alpha value is -2.32. The topological polar surface area (TPSA) is 89.7 Å². The van der Waals surface area contributed by atoms with Gasteiger partial charge >= 0.3 is 12.1 Å². The summed E-state index contributed by atoms with van der Waals surface area (Å²) in [6.07, 6.45) is -5.03. The number of aromatic carboxylic acids is 1. The highest BCUT2D eigenvalue weighted by Gasteiger charge is 2.40. The number of carboxylic acid groups (broad SMARTS) is 1. The van der Waals surface area contributed by atoms with E-state index in [0.717, 1.165) is 0 Å². The number of nitro benzene ring substituents is 1. The average Bonchev–Trinajstić information content (AvgIpc) is 2.26. The third-order valence-electron chi connectivity index (χ3n) is 2.13.